The first-order valence-electron chi connectivity index (χ1n) is 16.0. The lowest BCUT2D eigenvalue weighted by Gasteiger charge is -2.19. The molecule has 3 aromatic carbocycles. The number of carbonyl (C=O) groups is 3. The van der Waals surface area contributed by atoms with Crippen LogP contribution in [0.4, 0.5) is 27.6 Å². The number of nitrogens with two attached hydrogens (primary N) is 1. The number of rotatable bonds is 15. The lowest BCUT2D eigenvalue weighted by atomic mass is 10.1. The summed E-state index contributed by atoms with van der Waals surface area (Å²) in [6.45, 7) is 3.19. The number of aryl methyl sites for hydroxylation is 1. The van der Waals surface area contributed by atoms with Crippen molar-refractivity contribution in [1.29, 1.82) is 5.41 Å². The molecule has 0 aliphatic heterocycles. The van der Waals surface area contributed by atoms with E-state index in [0.717, 1.165) is 17.7 Å². The standard InChI is InChI=1S/C34H35F2N5O6.C2HF3O2/c1-3-23(18-42)40-31(43)22-14-15-26(25(17-22)34(44)45)47-33-28(36)29(39-19(2)12-13-20-8-5-4-6-9-20)27(35)32(41-33)46-24-11-7-10-21(16-24)30(37)38;3-2(4,5)1(6)7/h4-11,14-17,19,23,42H,3,12-13,18H2,1-2H3,(H3,37,38)(H,39,41)(H,40,43)(H,44,45);(H,6,7). The summed E-state index contributed by atoms with van der Waals surface area (Å²) in [6, 6.07) is 17.9. The molecule has 0 spiro atoms. The molecule has 0 fully saturated rings. The van der Waals surface area contributed by atoms with Crippen LogP contribution < -0.4 is 25.8 Å². The minimum absolute atomic E-state index is 0.0413. The van der Waals surface area contributed by atoms with E-state index in [9.17, 15) is 33.0 Å². The van der Waals surface area contributed by atoms with E-state index in [-0.39, 0.29) is 35.1 Å². The van der Waals surface area contributed by atoms with Crippen molar-refractivity contribution in [3.8, 4) is 23.3 Å². The molecule has 1 heterocycles. The fourth-order valence-electron chi connectivity index (χ4n) is 4.52. The number of aliphatic carboxylic acids is 1. The van der Waals surface area contributed by atoms with Gasteiger partial charge in [0.05, 0.1) is 12.6 Å². The smallest absolute Gasteiger partial charge is 0.478 e. The summed E-state index contributed by atoms with van der Waals surface area (Å²) in [5.74, 6) is -9.39. The number of carbonyl (C=O) groups excluding carboxylic acids is 1. The summed E-state index contributed by atoms with van der Waals surface area (Å²) in [7, 11) is 0. The summed E-state index contributed by atoms with van der Waals surface area (Å²) in [6.07, 6.45) is -3.53. The number of amidine groups is 1. The van der Waals surface area contributed by atoms with Gasteiger partial charge in [-0.3, -0.25) is 10.2 Å². The number of nitrogens with one attached hydrogen (secondary N) is 3. The third kappa shape index (κ3) is 11.9. The van der Waals surface area contributed by atoms with Gasteiger partial charge in [0.25, 0.3) is 17.7 Å². The van der Waals surface area contributed by atoms with Gasteiger partial charge in [0, 0.05) is 17.2 Å². The maximum absolute atomic E-state index is 16.0. The van der Waals surface area contributed by atoms with Crippen LogP contribution in [-0.2, 0) is 11.2 Å². The number of aromatic nitrogens is 1. The first kappa shape index (κ1) is 42.1. The molecule has 13 nitrogen and oxygen atoms in total. The fraction of sp³-hybridized carbons (Fsp3) is 0.250. The number of aromatic carboxylic acids is 1. The van der Waals surface area contributed by atoms with Gasteiger partial charge in [-0.15, -0.1) is 0 Å². The zero-order valence-corrected chi connectivity index (χ0v) is 28.7. The number of aliphatic hydroxyl groups is 1. The van der Waals surface area contributed by atoms with Crippen LogP contribution in [0.15, 0.2) is 72.8 Å². The molecule has 8 N–H and O–H groups in total. The molecule has 1 amide bonds. The van der Waals surface area contributed by atoms with Crippen molar-refractivity contribution < 1.29 is 61.1 Å². The summed E-state index contributed by atoms with van der Waals surface area (Å²) in [5, 5.41) is 39.5. The maximum atomic E-state index is 16.0. The van der Waals surface area contributed by atoms with Crippen LogP contribution in [0, 0.1) is 17.0 Å². The minimum Gasteiger partial charge on any atom is -0.478 e. The molecule has 0 saturated carbocycles. The number of nitrogen functional groups attached to an aromatic ring is 1. The predicted octanol–water partition coefficient (Wildman–Crippen LogP) is 6.49. The average Bonchev–Trinajstić information content (AvgIpc) is 3.13. The van der Waals surface area contributed by atoms with Crippen molar-refractivity contribution in [2.45, 2.75) is 51.4 Å². The molecular weight excluding hydrogens is 725 g/mol. The molecule has 2 atom stereocenters. The van der Waals surface area contributed by atoms with Crippen molar-refractivity contribution in [3.63, 3.8) is 0 Å². The Labute approximate surface area is 305 Å². The molecule has 288 valence electrons. The Morgan fingerprint density at radius 3 is 2.11 bits per heavy atom. The number of pyridine rings is 1. The maximum Gasteiger partial charge on any atom is 0.490 e. The van der Waals surface area contributed by atoms with Crippen LogP contribution in [0.2, 0.25) is 0 Å². The van der Waals surface area contributed by atoms with E-state index in [1.165, 1.54) is 24.3 Å². The van der Waals surface area contributed by atoms with Crippen molar-refractivity contribution >= 4 is 29.4 Å². The lowest BCUT2D eigenvalue weighted by molar-refractivity contribution is -0.192. The highest BCUT2D eigenvalue weighted by molar-refractivity contribution is 5.99. The number of nitrogens with zero attached hydrogens (tertiary/aromatic N) is 1. The number of amides is 1. The number of hydrogen-bond acceptors (Lipinski definition) is 9. The van der Waals surface area contributed by atoms with Gasteiger partial charge in [-0.1, -0.05) is 49.4 Å². The first-order valence-corrected chi connectivity index (χ1v) is 16.0. The van der Waals surface area contributed by atoms with Gasteiger partial charge < -0.3 is 41.2 Å². The number of anilines is 1. The number of ether oxygens (including phenoxy) is 2. The topological polar surface area (TPSA) is 217 Å². The fourth-order valence-corrected chi connectivity index (χ4v) is 4.52. The SMILES string of the molecule is CCC(CO)NC(=O)c1ccc(Oc2nc(Oc3cccc(C(=N)N)c3)c(F)c(NC(C)CCc3ccccc3)c2F)c(C(=O)O)c1.O=C(O)C(F)(F)F. The minimum atomic E-state index is -5.08. The third-order valence-corrected chi connectivity index (χ3v) is 7.45. The number of halogens is 5. The van der Waals surface area contributed by atoms with Gasteiger partial charge in [-0.25, -0.2) is 9.59 Å². The largest absolute Gasteiger partial charge is 0.490 e. The third-order valence-electron chi connectivity index (χ3n) is 7.45. The van der Waals surface area contributed by atoms with Gasteiger partial charge in [-0.2, -0.15) is 26.9 Å². The molecule has 1 aromatic heterocycles. The van der Waals surface area contributed by atoms with E-state index in [1.807, 2.05) is 30.3 Å². The van der Waals surface area contributed by atoms with Crippen molar-refractivity contribution in [3.05, 3.63) is 107 Å². The van der Waals surface area contributed by atoms with Crippen LogP contribution in [0.25, 0.3) is 0 Å². The number of hydrogen-bond donors (Lipinski definition) is 7. The molecule has 0 aliphatic carbocycles. The summed E-state index contributed by atoms with van der Waals surface area (Å²) in [4.78, 5) is 37.6. The van der Waals surface area contributed by atoms with Crippen molar-refractivity contribution in [1.82, 2.24) is 10.3 Å². The Morgan fingerprint density at radius 1 is 0.926 bits per heavy atom. The number of benzene rings is 3. The zero-order valence-electron chi connectivity index (χ0n) is 28.7. The van der Waals surface area contributed by atoms with Gasteiger partial charge in [0.1, 0.15) is 28.6 Å². The quantitative estimate of drug-likeness (QED) is 0.0394. The molecule has 0 bridgehead atoms. The molecule has 0 aliphatic rings. The Bertz CT molecular complexity index is 1960. The molecule has 0 radical (unpaired) electrons. The van der Waals surface area contributed by atoms with Crippen LogP contribution in [-0.4, -0.2) is 68.9 Å². The van der Waals surface area contributed by atoms with Gasteiger partial charge in [0.15, 0.2) is 0 Å². The number of aliphatic hydroxyl groups excluding tert-OH is 1. The summed E-state index contributed by atoms with van der Waals surface area (Å²) >= 11 is 0. The second-order valence-corrected chi connectivity index (χ2v) is 11.5. The molecule has 4 aromatic rings. The van der Waals surface area contributed by atoms with E-state index in [4.69, 9.17) is 30.5 Å². The van der Waals surface area contributed by atoms with E-state index in [0.29, 0.717) is 19.3 Å². The highest BCUT2D eigenvalue weighted by atomic mass is 19.4. The molecule has 54 heavy (non-hydrogen) atoms. The highest BCUT2D eigenvalue weighted by Gasteiger charge is 2.38. The molecule has 4 rings (SSSR count). The predicted molar refractivity (Wildman–Crippen MR) is 185 cm³/mol. The number of carboxylic acid groups (broad SMARTS) is 2. The average molecular weight is 762 g/mol. The van der Waals surface area contributed by atoms with Gasteiger partial charge in [-0.05, 0) is 62.1 Å². The highest BCUT2D eigenvalue weighted by Crippen LogP contribution is 2.37. The monoisotopic (exact) mass is 761 g/mol. The summed E-state index contributed by atoms with van der Waals surface area (Å²) in [5.41, 5.74) is 5.73. The second kappa shape index (κ2) is 19.0. The van der Waals surface area contributed by atoms with Crippen LogP contribution in [0.3, 0.4) is 0 Å². The zero-order chi connectivity index (χ0) is 40.2. The van der Waals surface area contributed by atoms with E-state index in [2.05, 4.69) is 15.6 Å². The van der Waals surface area contributed by atoms with Crippen LogP contribution in [0.1, 0.15) is 58.5 Å². The molecule has 2 unspecified atom stereocenters. The second-order valence-electron chi connectivity index (χ2n) is 11.5. The van der Waals surface area contributed by atoms with Crippen LogP contribution in [0.5, 0.6) is 23.3 Å². The van der Waals surface area contributed by atoms with E-state index < -0.39 is 70.8 Å². The first-order chi connectivity index (χ1) is 25.4. The molecule has 0 saturated heterocycles. The Hall–Kier alpha value is -6.30. The molecule has 18 heteroatoms. The van der Waals surface area contributed by atoms with Crippen molar-refractivity contribution in [2.75, 3.05) is 11.9 Å². The van der Waals surface area contributed by atoms with Crippen molar-refractivity contribution in [2.24, 2.45) is 5.73 Å². The summed E-state index contributed by atoms with van der Waals surface area (Å²) < 4.78 is 74.9. The lowest BCUT2D eigenvalue weighted by Crippen LogP contribution is -2.37. The number of alkyl halides is 3. The van der Waals surface area contributed by atoms with E-state index in [1.54, 1.807) is 19.9 Å². The Morgan fingerprint density at radius 2 is 1.56 bits per heavy atom. The van der Waals surface area contributed by atoms with E-state index >= 15 is 8.78 Å². The Balaban J connectivity index is 0.00000102. The van der Waals surface area contributed by atoms with Crippen LogP contribution >= 0.6 is 0 Å². The molecular formula is C36H36F5N5O8. The normalized spacial score (nSPS) is 12.0. The Kier molecular flexibility index (Phi) is 14.8. The number of carboxylic acids is 2. The van der Waals surface area contributed by atoms with Gasteiger partial charge in [0.2, 0.25) is 11.6 Å². The van der Waals surface area contributed by atoms with Gasteiger partial charge >= 0.3 is 18.1 Å².